The molecule has 1 fully saturated rings. The summed E-state index contributed by atoms with van der Waals surface area (Å²) in [5.74, 6) is -0.416. The molecule has 0 spiro atoms. The van der Waals surface area contributed by atoms with Crippen molar-refractivity contribution in [1.82, 2.24) is 5.32 Å². The zero-order chi connectivity index (χ0) is 16.1. The summed E-state index contributed by atoms with van der Waals surface area (Å²) in [6.07, 6.45) is 5.51. The lowest BCUT2D eigenvalue weighted by Crippen LogP contribution is -2.44. The van der Waals surface area contributed by atoms with Crippen LogP contribution in [0.15, 0.2) is 18.2 Å². The van der Waals surface area contributed by atoms with Crippen LogP contribution in [0.5, 0.6) is 0 Å². The van der Waals surface area contributed by atoms with Crippen molar-refractivity contribution >= 4 is 40.7 Å². The van der Waals surface area contributed by atoms with Gasteiger partial charge in [0.05, 0.1) is 10.7 Å². The molecule has 120 valence electrons. The average Bonchev–Trinajstić information content (AvgIpc) is 2.48. The van der Waals surface area contributed by atoms with Gasteiger partial charge in [0.15, 0.2) is 0 Å². The summed E-state index contributed by atoms with van der Waals surface area (Å²) < 4.78 is 0. The van der Waals surface area contributed by atoms with E-state index in [9.17, 15) is 9.59 Å². The van der Waals surface area contributed by atoms with E-state index < -0.39 is 0 Å². The first kappa shape index (κ1) is 17.1. The van der Waals surface area contributed by atoms with Gasteiger partial charge in [-0.2, -0.15) is 0 Å². The molecule has 6 heteroatoms. The van der Waals surface area contributed by atoms with Crippen molar-refractivity contribution in [2.75, 3.05) is 11.4 Å². The lowest BCUT2D eigenvalue weighted by atomic mass is 9.95. The third kappa shape index (κ3) is 4.62. The Morgan fingerprint density at radius 2 is 1.91 bits per heavy atom. The predicted octanol–water partition coefficient (Wildman–Crippen LogP) is 3.80. The molecule has 0 saturated heterocycles. The molecule has 1 N–H and O–H groups in total. The molecular weight excluding hydrogens is 323 g/mol. The minimum absolute atomic E-state index is 0.0497. The van der Waals surface area contributed by atoms with E-state index in [1.165, 1.54) is 18.2 Å². The number of amides is 2. The van der Waals surface area contributed by atoms with Gasteiger partial charge in [-0.25, -0.2) is 0 Å². The number of hydrogen-bond acceptors (Lipinski definition) is 2. The molecule has 22 heavy (non-hydrogen) atoms. The third-order valence-electron chi connectivity index (χ3n) is 3.85. The number of rotatable bonds is 4. The zero-order valence-electron chi connectivity index (χ0n) is 12.6. The van der Waals surface area contributed by atoms with E-state index in [2.05, 4.69) is 5.32 Å². The van der Waals surface area contributed by atoms with Crippen LogP contribution in [0.4, 0.5) is 5.69 Å². The topological polar surface area (TPSA) is 49.4 Å². The summed E-state index contributed by atoms with van der Waals surface area (Å²) in [6, 6.07) is 5.08. The maximum atomic E-state index is 12.2. The number of carbonyl (C=O) groups is 2. The molecule has 0 unspecified atom stereocenters. The lowest BCUT2D eigenvalue weighted by molar-refractivity contribution is -0.123. The molecule has 0 bridgehead atoms. The summed E-state index contributed by atoms with van der Waals surface area (Å²) in [4.78, 5) is 25.4. The smallest absolute Gasteiger partial charge is 0.240 e. The van der Waals surface area contributed by atoms with Crippen molar-refractivity contribution in [3.63, 3.8) is 0 Å². The Bertz CT molecular complexity index is 557. The summed E-state index contributed by atoms with van der Waals surface area (Å²) in [6.45, 7) is 1.36. The van der Waals surface area contributed by atoms with Crippen LogP contribution in [0, 0.1) is 0 Å². The second-order valence-electron chi connectivity index (χ2n) is 5.60. The lowest BCUT2D eigenvalue weighted by Gasteiger charge is -2.26. The molecule has 4 nitrogen and oxygen atoms in total. The van der Waals surface area contributed by atoms with E-state index in [0.717, 1.165) is 25.7 Å². The minimum atomic E-state index is -0.247. The van der Waals surface area contributed by atoms with Gasteiger partial charge in [-0.1, -0.05) is 42.5 Å². The van der Waals surface area contributed by atoms with Crippen molar-refractivity contribution in [1.29, 1.82) is 0 Å². The molecule has 1 aliphatic carbocycles. The summed E-state index contributed by atoms with van der Waals surface area (Å²) >= 11 is 12.1. The van der Waals surface area contributed by atoms with E-state index >= 15 is 0 Å². The normalized spacial score (nSPS) is 15.4. The molecule has 0 aromatic heterocycles. The highest BCUT2D eigenvalue weighted by atomic mass is 35.5. The van der Waals surface area contributed by atoms with Crippen molar-refractivity contribution < 1.29 is 9.59 Å². The number of carbonyl (C=O) groups excluding carboxylic acids is 2. The highest BCUT2D eigenvalue weighted by Gasteiger charge is 2.21. The minimum Gasteiger partial charge on any atom is -0.352 e. The first-order valence-corrected chi connectivity index (χ1v) is 8.25. The standard InChI is InChI=1S/C16H20Cl2N2O2/c1-11(21)20(15-9-12(17)7-8-14(15)18)10-16(22)19-13-5-3-2-4-6-13/h7-9,13H,2-6,10H2,1H3,(H,19,22). The van der Waals surface area contributed by atoms with Gasteiger partial charge in [-0.05, 0) is 31.0 Å². The Hall–Kier alpha value is -1.26. The van der Waals surface area contributed by atoms with Gasteiger partial charge >= 0.3 is 0 Å². The van der Waals surface area contributed by atoms with Crippen LogP contribution < -0.4 is 10.2 Å². The zero-order valence-corrected chi connectivity index (χ0v) is 14.1. The summed E-state index contributed by atoms with van der Waals surface area (Å²) in [7, 11) is 0. The van der Waals surface area contributed by atoms with Crippen LogP contribution in [0.3, 0.4) is 0 Å². The quantitative estimate of drug-likeness (QED) is 0.904. The molecule has 1 aliphatic rings. The molecule has 1 aromatic carbocycles. The van der Waals surface area contributed by atoms with Crippen molar-refractivity contribution in [3.8, 4) is 0 Å². The number of halogens is 2. The molecule has 2 amide bonds. The maximum Gasteiger partial charge on any atom is 0.240 e. The number of nitrogens with one attached hydrogen (secondary N) is 1. The Labute approximate surface area is 140 Å². The first-order chi connectivity index (χ1) is 10.5. The fraction of sp³-hybridized carbons (Fsp3) is 0.500. The number of nitrogens with zero attached hydrogens (tertiary/aromatic N) is 1. The van der Waals surface area contributed by atoms with Gasteiger partial charge in [0.2, 0.25) is 11.8 Å². The predicted molar refractivity (Wildman–Crippen MR) is 89.5 cm³/mol. The molecule has 0 atom stereocenters. The molecule has 1 aromatic rings. The SMILES string of the molecule is CC(=O)N(CC(=O)NC1CCCCC1)c1cc(Cl)ccc1Cl. The van der Waals surface area contributed by atoms with Gasteiger partial charge < -0.3 is 10.2 Å². The summed E-state index contributed by atoms with van der Waals surface area (Å²) in [5, 5.41) is 3.86. The van der Waals surface area contributed by atoms with Crippen LogP contribution >= 0.6 is 23.2 Å². The van der Waals surface area contributed by atoms with E-state index in [1.807, 2.05) is 0 Å². The first-order valence-electron chi connectivity index (χ1n) is 7.50. The second-order valence-corrected chi connectivity index (χ2v) is 6.45. The van der Waals surface area contributed by atoms with Crippen LogP contribution in [0.25, 0.3) is 0 Å². The molecule has 0 aliphatic heterocycles. The third-order valence-corrected chi connectivity index (χ3v) is 4.41. The van der Waals surface area contributed by atoms with Crippen molar-refractivity contribution in [2.45, 2.75) is 45.1 Å². The van der Waals surface area contributed by atoms with Crippen molar-refractivity contribution in [2.24, 2.45) is 0 Å². The highest BCUT2D eigenvalue weighted by molar-refractivity contribution is 6.35. The van der Waals surface area contributed by atoms with Gasteiger partial charge in [0, 0.05) is 18.0 Å². The fourth-order valence-corrected chi connectivity index (χ4v) is 3.11. The van der Waals surface area contributed by atoms with Crippen LogP contribution in [0.1, 0.15) is 39.0 Å². The summed E-state index contributed by atoms with van der Waals surface area (Å²) in [5.41, 5.74) is 0.459. The average molecular weight is 343 g/mol. The van der Waals surface area contributed by atoms with Crippen LogP contribution in [0.2, 0.25) is 10.0 Å². The Balaban J connectivity index is 2.06. The Morgan fingerprint density at radius 1 is 1.23 bits per heavy atom. The van der Waals surface area contributed by atoms with Crippen LogP contribution in [-0.4, -0.2) is 24.4 Å². The van der Waals surface area contributed by atoms with Gasteiger partial charge in [0.1, 0.15) is 6.54 Å². The van der Waals surface area contributed by atoms with E-state index in [4.69, 9.17) is 23.2 Å². The van der Waals surface area contributed by atoms with Gasteiger partial charge in [-0.15, -0.1) is 0 Å². The number of anilines is 1. The van der Waals surface area contributed by atoms with Crippen molar-refractivity contribution in [3.05, 3.63) is 28.2 Å². The molecular formula is C16H20Cl2N2O2. The molecule has 2 rings (SSSR count). The molecule has 1 saturated carbocycles. The van der Waals surface area contributed by atoms with E-state index in [1.54, 1.807) is 18.2 Å². The van der Waals surface area contributed by atoms with E-state index in [-0.39, 0.29) is 24.4 Å². The van der Waals surface area contributed by atoms with Crippen LogP contribution in [-0.2, 0) is 9.59 Å². The largest absolute Gasteiger partial charge is 0.352 e. The molecule has 0 radical (unpaired) electrons. The highest BCUT2D eigenvalue weighted by Crippen LogP contribution is 2.29. The van der Waals surface area contributed by atoms with E-state index in [0.29, 0.717) is 15.7 Å². The molecule has 0 heterocycles. The Morgan fingerprint density at radius 3 is 2.55 bits per heavy atom. The number of hydrogen-bond donors (Lipinski definition) is 1. The fourth-order valence-electron chi connectivity index (χ4n) is 2.72. The monoisotopic (exact) mass is 342 g/mol. The maximum absolute atomic E-state index is 12.2. The Kier molecular flexibility index (Phi) is 6.09. The number of benzene rings is 1. The van der Waals surface area contributed by atoms with Gasteiger partial charge in [0.25, 0.3) is 0 Å². The second kappa shape index (κ2) is 7.84. The van der Waals surface area contributed by atoms with Gasteiger partial charge in [-0.3, -0.25) is 9.59 Å².